The highest BCUT2D eigenvalue weighted by molar-refractivity contribution is 5.32. The summed E-state index contributed by atoms with van der Waals surface area (Å²) in [5.41, 5.74) is 3.32. The Balaban J connectivity index is 1.19. The number of aryl methyl sites for hydroxylation is 1. The van der Waals surface area contributed by atoms with Gasteiger partial charge in [0, 0.05) is 0 Å². The van der Waals surface area contributed by atoms with Crippen LogP contribution in [-0.2, 0) is 6.42 Å². The van der Waals surface area contributed by atoms with E-state index in [0.29, 0.717) is 0 Å². The second-order valence-corrected chi connectivity index (χ2v) is 14.0. The summed E-state index contributed by atoms with van der Waals surface area (Å²) in [6, 6.07) is 9.24. The minimum Gasteiger partial charge on any atom is -0.0654 e. The molecule has 0 nitrogen and oxygen atoms in total. The van der Waals surface area contributed by atoms with Crippen LogP contribution in [0.15, 0.2) is 24.3 Å². The lowest BCUT2D eigenvalue weighted by atomic mass is 9.80. The topological polar surface area (TPSA) is 0 Å². The third-order valence-corrected chi connectivity index (χ3v) is 10.1. The second kappa shape index (κ2) is 28.0. The van der Waals surface area contributed by atoms with Gasteiger partial charge in [0.2, 0.25) is 0 Å². The molecular formula is C41H74. The maximum atomic E-state index is 2.40. The normalized spacial score (nSPS) is 14.9. The molecule has 1 unspecified atom stereocenters. The zero-order valence-corrected chi connectivity index (χ0v) is 28.2. The van der Waals surface area contributed by atoms with Crippen LogP contribution in [0.4, 0.5) is 0 Å². The largest absolute Gasteiger partial charge is 0.0654 e. The van der Waals surface area contributed by atoms with Crippen LogP contribution in [0.25, 0.3) is 0 Å². The first-order valence-electron chi connectivity index (χ1n) is 19.5. The molecule has 0 bridgehead atoms. The fourth-order valence-corrected chi connectivity index (χ4v) is 7.39. The molecule has 0 amide bonds. The summed E-state index contributed by atoms with van der Waals surface area (Å²) in [4.78, 5) is 0. The molecule has 0 aromatic heterocycles. The van der Waals surface area contributed by atoms with Crippen molar-refractivity contribution in [3.05, 3.63) is 35.4 Å². The summed E-state index contributed by atoms with van der Waals surface area (Å²) in [5, 5.41) is 0. The van der Waals surface area contributed by atoms with Gasteiger partial charge in [-0.15, -0.1) is 0 Å². The van der Waals surface area contributed by atoms with Gasteiger partial charge < -0.3 is 0 Å². The number of hydrogen-bond acceptors (Lipinski definition) is 0. The molecule has 1 aromatic carbocycles. The minimum absolute atomic E-state index is 0.855. The Morgan fingerprint density at radius 2 is 0.780 bits per heavy atom. The maximum absolute atomic E-state index is 2.40. The fourth-order valence-electron chi connectivity index (χ4n) is 7.39. The van der Waals surface area contributed by atoms with E-state index < -0.39 is 0 Å². The van der Waals surface area contributed by atoms with Crippen molar-refractivity contribution in [1.29, 1.82) is 0 Å². The van der Waals surface area contributed by atoms with Crippen molar-refractivity contribution < 1.29 is 0 Å². The van der Waals surface area contributed by atoms with Crippen LogP contribution in [0.1, 0.15) is 229 Å². The Morgan fingerprint density at radius 3 is 1.17 bits per heavy atom. The van der Waals surface area contributed by atoms with E-state index in [1.54, 1.807) is 11.1 Å². The molecule has 0 aliphatic heterocycles. The molecule has 1 atom stereocenters. The molecule has 0 fully saturated rings. The van der Waals surface area contributed by atoms with Gasteiger partial charge >= 0.3 is 0 Å². The van der Waals surface area contributed by atoms with Gasteiger partial charge in [-0.1, -0.05) is 217 Å². The second-order valence-electron chi connectivity index (χ2n) is 14.0. The van der Waals surface area contributed by atoms with Crippen LogP contribution in [0.3, 0.4) is 0 Å². The molecule has 2 rings (SSSR count). The highest BCUT2D eigenvalue weighted by Crippen LogP contribution is 2.35. The summed E-state index contributed by atoms with van der Waals surface area (Å²) < 4.78 is 0. The van der Waals surface area contributed by atoms with E-state index in [1.807, 2.05) is 0 Å². The summed E-state index contributed by atoms with van der Waals surface area (Å²) >= 11 is 0. The average molecular weight is 567 g/mol. The van der Waals surface area contributed by atoms with Gasteiger partial charge in [0.25, 0.3) is 0 Å². The Hall–Kier alpha value is -0.780. The van der Waals surface area contributed by atoms with Gasteiger partial charge in [-0.2, -0.15) is 0 Å². The van der Waals surface area contributed by atoms with Crippen LogP contribution < -0.4 is 0 Å². The van der Waals surface area contributed by atoms with Crippen molar-refractivity contribution in [3.63, 3.8) is 0 Å². The summed E-state index contributed by atoms with van der Waals surface area (Å²) in [5.74, 6) is 0.855. The zero-order chi connectivity index (χ0) is 28.9. The van der Waals surface area contributed by atoms with Gasteiger partial charge in [0.15, 0.2) is 0 Å². The number of fused-ring (bicyclic) bond motifs is 1. The first kappa shape index (κ1) is 36.4. The van der Waals surface area contributed by atoms with E-state index in [9.17, 15) is 0 Å². The maximum Gasteiger partial charge on any atom is -0.0159 e. The molecule has 0 spiro atoms. The molecule has 0 saturated heterocycles. The predicted molar refractivity (Wildman–Crippen MR) is 186 cm³/mol. The Labute approximate surface area is 259 Å². The highest BCUT2D eigenvalue weighted by atomic mass is 14.2. The van der Waals surface area contributed by atoms with Crippen molar-refractivity contribution in [2.24, 2.45) is 0 Å². The van der Waals surface area contributed by atoms with Gasteiger partial charge in [-0.3, -0.25) is 0 Å². The first-order valence-corrected chi connectivity index (χ1v) is 19.5. The van der Waals surface area contributed by atoms with Crippen molar-refractivity contribution >= 4 is 0 Å². The SMILES string of the molecule is CCCCCCCCCCCCCCCCCCCCCCCCCCCCCCCC1CCCc2ccccc21. The standard InChI is InChI=1S/C41H74/c1-2-3-4-5-6-7-8-9-10-11-12-13-14-15-16-17-18-19-20-21-22-23-24-25-26-27-28-29-30-34-39-36-33-37-40-35-31-32-38-41(39)40/h31-32,35,38-39H,2-30,33-34,36-37H2,1H3. The van der Waals surface area contributed by atoms with Crippen molar-refractivity contribution in [2.75, 3.05) is 0 Å². The third kappa shape index (κ3) is 20.7. The minimum atomic E-state index is 0.855. The molecule has 0 radical (unpaired) electrons. The van der Waals surface area contributed by atoms with Gasteiger partial charge in [-0.05, 0) is 42.7 Å². The quantitative estimate of drug-likeness (QED) is 0.0812. The van der Waals surface area contributed by atoms with Crippen molar-refractivity contribution in [1.82, 2.24) is 0 Å². The van der Waals surface area contributed by atoms with Crippen LogP contribution >= 0.6 is 0 Å². The fraction of sp³-hybridized carbons (Fsp3) is 0.854. The smallest absolute Gasteiger partial charge is 0.0159 e. The predicted octanol–water partition coefficient (Wildman–Crippen LogP) is 14.8. The monoisotopic (exact) mass is 567 g/mol. The molecule has 0 heterocycles. The Morgan fingerprint density at radius 1 is 0.439 bits per heavy atom. The van der Waals surface area contributed by atoms with Gasteiger partial charge in [0.1, 0.15) is 0 Å². The lowest BCUT2D eigenvalue weighted by Crippen LogP contribution is -2.09. The van der Waals surface area contributed by atoms with Crippen molar-refractivity contribution in [3.8, 4) is 0 Å². The van der Waals surface area contributed by atoms with E-state index >= 15 is 0 Å². The molecule has 0 N–H and O–H groups in total. The van der Waals surface area contributed by atoms with Crippen LogP contribution in [-0.4, -0.2) is 0 Å². The molecule has 1 aliphatic rings. The van der Waals surface area contributed by atoms with E-state index in [4.69, 9.17) is 0 Å². The molecule has 1 aromatic rings. The van der Waals surface area contributed by atoms with Crippen LogP contribution in [0.2, 0.25) is 0 Å². The van der Waals surface area contributed by atoms with E-state index in [-0.39, 0.29) is 0 Å². The van der Waals surface area contributed by atoms with Crippen LogP contribution in [0, 0.1) is 0 Å². The van der Waals surface area contributed by atoms with E-state index in [1.165, 1.54) is 212 Å². The number of hydrogen-bond donors (Lipinski definition) is 0. The van der Waals surface area contributed by atoms with Gasteiger partial charge in [0.05, 0.1) is 0 Å². The van der Waals surface area contributed by atoms with Crippen LogP contribution in [0.5, 0.6) is 0 Å². The lowest BCUT2D eigenvalue weighted by molar-refractivity contribution is 0.479. The molecule has 41 heavy (non-hydrogen) atoms. The first-order chi connectivity index (χ1) is 20.4. The lowest BCUT2D eigenvalue weighted by Gasteiger charge is -2.25. The average Bonchev–Trinajstić information content (AvgIpc) is 3.00. The number of unbranched alkanes of at least 4 members (excludes halogenated alkanes) is 28. The highest BCUT2D eigenvalue weighted by Gasteiger charge is 2.18. The molecule has 1 aliphatic carbocycles. The third-order valence-electron chi connectivity index (χ3n) is 10.1. The van der Waals surface area contributed by atoms with Crippen molar-refractivity contribution in [2.45, 2.75) is 225 Å². The summed E-state index contributed by atoms with van der Waals surface area (Å²) in [6.07, 6.45) is 48.4. The molecule has 0 heteroatoms. The summed E-state index contributed by atoms with van der Waals surface area (Å²) in [6.45, 7) is 2.31. The molecule has 0 saturated carbocycles. The summed E-state index contributed by atoms with van der Waals surface area (Å²) in [7, 11) is 0. The Bertz CT molecular complexity index is 660. The molecular weight excluding hydrogens is 492 g/mol. The van der Waals surface area contributed by atoms with Gasteiger partial charge in [-0.25, -0.2) is 0 Å². The van der Waals surface area contributed by atoms with E-state index in [2.05, 4.69) is 31.2 Å². The molecule has 238 valence electrons. The number of rotatable bonds is 30. The number of benzene rings is 1. The zero-order valence-electron chi connectivity index (χ0n) is 28.2. The van der Waals surface area contributed by atoms with E-state index in [0.717, 1.165) is 5.92 Å². The Kier molecular flexibility index (Phi) is 24.9.